The second kappa shape index (κ2) is 9.22. The molecule has 0 aliphatic carbocycles. The van der Waals surface area contributed by atoms with Crippen LogP contribution in [0.5, 0.6) is 0 Å². The Balaban J connectivity index is 1.40. The molecule has 0 unspecified atom stereocenters. The molecule has 2 aliphatic rings. The van der Waals surface area contributed by atoms with Gasteiger partial charge in [0.1, 0.15) is 6.61 Å². The third-order valence-corrected chi connectivity index (χ3v) is 6.37. The third kappa shape index (κ3) is 5.21. The molecule has 25 heavy (non-hydrogen) atoms. The lowest BCUT2D eigenvalue weighted by Gasteiger charge is -2.33. The molecule has 0 spiro atoms. The van der Waals surface area contributed by atoms with E-state index in [2.05, 4.69) is 53.2 Å². The van der Waals surface area contributed by atoms with E-state index < -0.39 is 0 Å². The first kappa shape index (κ1) is 18.2. The highest BCUT2D eigenvalue weighted by Crippen LogP contribution is 2.27. The van der Waals surface area contributed by atoms with Crippen molar-refractivity contribution in [3.05, 3.63) is 24.3 Å². The van der Waals surface area contributed by atoms with Crippen LogP contribution < -0.4 is 10.2 Å². The van der Waals surface area contributed by atoms with Gasteiger partial charge in [0.2, 0.25) is 0 Å². The van der Waals surface area contributed by atoms with Gasteiger partial charge < -0.3 is 19.9 Å². The summed E-state index contributed by atoms with van der Waals surface area (Å²) in [6.07, 6.45) is 3.66. The van der Waals surface area contributed by atoms with E-state index in [9.17, 15) is 4.79 Å². The number of hydrogen-bond donors (Lipinski definition) is 1. The van der Waals surface area contributed by atoms with Gasteiger partial charge in [0.25, 0.3) is 0 Å². The van der Waals surface area contributed by atoms with E-state index in [1.54, 1.807) is 4.90 Å². The quantitative estimate of drug-likeness (QED) is 0.764. The largest absolute Gasteiger partial charge is 0.448 e. The number of carbonyl (C=O) groups excluding carboxylic acids is 1. The van der Waals surface area contributed by atoms with Crippen LogP contribution in [0.3, 0.4) is 0 Å². The summed E-state index contributed by atoms with van der Waals surface area (Å²) in [4.78, 5) is 15.6. The lowest BCUT2D eigenvalue weighted by molar-refractivity contribution is 0.159. The molecule has 2 fully saturated rings. The maximum absolute atomic E-state index is 11.4. The highest BCUT2D eigenvalue weighted by Gasteiger charge is 2.21. The summed E-state index contributed by atoms with van der Waals surface area (Å²) >= 11 is 2.14. The van der Waals surface area contributed by atoms with Gasteiger partial charge in [-0.2, -0.15) is 11.8 Å². The van der Waals surface area contributed by atoms with Gasteiger partial charge in [0.05, 0.1) is 6.54 Å². The molecule has 3 rings (SSSR count). The van der Waals surface area contributed by atoms with E-state index in [-0.39, 0.29) is 6.09 Å². The Morgan fingerprint density at radius 2 is 1.96 bits per heavy atom. The first-order valence-corrected chi connectivity index (χ1v) is 10.4. The van der Waals surface area contributed by atoms with Crippen molar-refractivity contribution in [2.75, 3.05) is 55.3 Å². The molecular formula is C19H29N3O2S. The van der Waals surface area contributed by atoms with E-state index in [1.165, 1.54) is 30.7 Å². The van der Waals surface area contributed by atoms with Crippen molar-refractivity contribution in [3.63, 3.8) is 0 Å². The lowest BCUT2D eigenvalue weighted by atomic mass is 10.1. The van der Waals surface area contributed by atoms with Crippen LogP contribution in [0.15, 0.2) is 24.3 Å². The van der Waals surface area contributed by atoms with Crippen molar-refractivity contribution in [3.8, 4) is 0 Å². The molecule has 1 aromatic carbocycles. The number of carbonyl (C=O) groups is 1. The Hall–Kier alpha value is -1.56. The molecule has 138 valence electrons. The van der Waals surface area contributed by atoms with Crippen LogP contribution in [0.2, 0.25) is 0 Å². The van der Waals surface area contributed by atoms with Crippen LogP contribution in [0.4, 0.5) is 16.2 Å². The zero-order valence-electron chi connectivity index (χ0n) is 15.1. The molecule has 2 saturated heterocycles. The van der Waals surface area contributed by atoms with Crippen LogP contribution in [-0.2, 0) is 4.74 Å². The fourth-order valence-corrected chi connectivity index (χ4v) is 4.43. The smallest absolute Gasteiger partial charge is 0.409 e. The molecular weight excluding hydrogens is 334 g/mol. The number of amides is 1. The summed E-state index contributed by atoms with van der Waals surface area (Å²) in [5.41, 5.74) is 2.41. The monoisotopic (exact) mass is 363 g/mol. The van der Waals surface area contributed by atoms with Crippen LogP contribution in [-0.4, -0.2) is 61.3 Å². The van der Waals surface area contributed by atoms with Gasteiger partial charge in [-0.3, -0.25) is 0 Å². The molecule has 1 aromatic rings. The molecule has 1 amide bonds. The maximum atomic E-state index is 11.4. The zero-order valence-corrected chi connectivity index (χ0v) is 15.9. The second-order valence-corrected chi connectivity index (χ2v) is 8.04. The minimum Gasteiger partial charge on any atom is -0.448 e. The van der Waals surface area contributed by atoms with Crippen molar-refractivity contribution < 1.29 is 9.53 Å². The highest BCUT2D eigenvalue weighted by molar-refractivity contribution is 7.99. The molecule has 0 bridgehead atoms. The standard InChI is InChI=1S/C19H29N3O2S/c1-2-15-25-18-7-10-21(11-8-18)17-5-3-16(4-6-17)20-9-12-22-13-14-24-19(22)23/h3-6,18,20H,2,7-15H2,1H3. The lowest BCUT2D eigenvalue weighted by Crippen LogP contribution is -2.34. The van der Waals surface area contributed by atoms with Gasteiger partial charge in [-0.1, -0.05) is 6.92 Å². The number of hydrogen-bond acceptors (Lipinski definition) is 5. The van der Waals surface area contributed by atoms with Crippen molar-refractivity contribution in [2.24, 2.45) is 0 Å². The number of cyclic esters (lactones) is 1. The van der Waals surface area contributed by atoms with Crippen LogP contribution in [0.25, 0.3) is 0 Å². The predicted molar refractivity (Wildman–Crippen MR) is 106 cm³/mol. The van der Waals surface area contributed by atoms with E-state index >= 15 is 0 Å². The summed E-state index contributed by atoms with van der Waals surface area (Å²) in [5.74, 6) is 1.29. The summed E-state index contributed by atoms with van der Waals surface area (Å²) in [7, 11) is 0. The van der Waals surface area contributed by atoms with Crippen molar-refractivity contribution in [2.45, 2.75) is 31.4 Å². The first-order valence-electron chi connectivity index (χ1n) is 9.38. The number of nitrogens with zero attached hydrogens (tertiary/aromatic N) is 2. The maximum Gasteiger partial charge on any atom is 0.409 e. The number of piperidine rings is 1. The molecule has 5 nitrogen and oxygen atoms in total. The van der Waals surface area contributed by atoms with Gasteiger partial charge in [0, 0.05) is 42.8 Å². The second-order valence-electron chi connectivity index (χ2n) is 6.63. The number of benzene rings is 1. The number of ether oxygens (including phenoxy) is 1. The van der Waals surface area contributed by atoms with E-state index in [0.29, 0.717) is 19.7 Å². The van der Waals surface area contributed by atoms with Gasteiger partial charge in [-0.25, -0.2) is 4.79 Å². The normalized spacial score (nSPS) is 18.5. The van der Waals surface area contributed by atoms with Crippen LogP contribution in [0, 0.1) is 0 Å². The molecule has 0 atom stereocenters. The Morgan fingerprint density at radius 3 is 2.60 bits per heavy atom. The fourth-order valence-electron chi connectivity index (χ4n) is 3.32. The summed E-state index contributed by atoms with van der Waals surface area (Å²) in [6, 6.07) is 8.67. The summed E-state index contributed by atoms with van der Waals surface area (Å²) < 4.78 is 4.93. The molecule has 6 heteroatoms. The third-order valence-electron chi connectivity index (χ3n) is 4.79. The fraction of sp³-hybridized carbons (Fsp3) is 0.632. The van der Waals surface area contributed by atoms with Crippen LogP contribution in [0.1, 0.15) is 26.2 Å². The minimum absolute atomic E-state index is 0.197. The Morgan fingerprint density at radius 1 is 1.20 bits per heavy atom. The van der Waals surface area contributed by atoms with Gasteiger partial charge in [-0.15, -0.1) is 0 Å². The molecule has 1 N–H and O–H groups in total. The van der Waals surface area contributed by atoms with Crippen molar-refractivity contribution in [1.82, 2.24) is 4.90 Å². The Labute approximate surface area is 155 Å². The predicted octanol–water partition coefficient (Wildman–Crippen LogP) is 3.66. The first-order chi connectivity index (χ1) is 12.3. The number of anilines is 2. The highest BCUT2D eigenvalue weighted by atomic mass is 32.2. The SMILES string of the molecule is CCCSC1CCN(c2ccc(NCCN3CCOC3=O)cc2)CC1. The topological polar surface area (TPSA) is 44.8 Å². The summed E-state index contributed by atoms with van der Waals surface area (Å²) in [5, 5.41) is 4.22. The summed E-state index contributed by atoms with van der Waals surface area (Å²) in [6.45, 7) is 7.22. The minimum atomic E-state index is -0.197. The zero-order chi connectivity index (χ0) is 17.5. The van der Waals surface area contributed by atoms with Gasteiger partial charge >= 0.3 is 6.09 Å². The van der Waals surface area contributed by atoms with Gasteiger partial charge in [-0.05, 0) is 49.3 Å². The Bertz CT molecular complexity index is 544. The molecule has 2 heterocycles. The van der Waals surface area contributed by atoms with E-state index in [1.807, 2.05) is 0 Å². The average Bonchev–Trinajstić information content (AvgIpc) is 3.06. The molecule has 0 radical (unpaired) electrons. The van der Waals surface area contributed by atoms with Crippen LogP contribution >= 0.6 is 11.8 Å². The molecule has 2 aliphatic heterocycles. The van der Waals surface area contributed by atoms with E-state index in [4.69, 9.17) is 4.74 Å². The number of thioether (sulfide) groups is 1. The van der Waals surface area contributed by atoms with Crippen molar-refractivity contribution >= 4 is 29.2 Å². The van der Waals surface area contributed by atoms with Gasteiger partial charge in [0.15, 0.2) is 0 Å². The molecule has 0 aromatic heterocycles. The number of rotatable bonds is 8. The number of nitrogens with one attached hydrogen (secondary N) is 1. The average molecular weight is 364 g/mol. The molecule has 0 saturated carbocycles. The Kier molecular flexibility index (Phi) is 6.73. The van der Waals surface area contributed by atoms with E-state index in [0.717, 1.165) is 30.6 Å². The van der Waals surface area contributed by atoms with Crippen molar-refractivity contribution in [1.29, 1.82) is 0 Å².